The van der Waals surface area contributed by atoms with Crippen LogP contribution in [0.4, 0.5) is 0 Å². The molecular weight excluding hydrogens is 284 g/mol. The molecule has 1 aliphatic carbocycles. The maximum absolute atomic E-state index is 10.9. The van der Waals surface area contributed by atoms with Crippen LogP contribution in [0.3, 0.4) is 0 Å². The summed E-state index contributed by atoms with van der Waals surface area (Å²) in [6.07, 6.45) is 3.82. The molecule has 112 valence electrons. The summed E-state index contributed by atoms with van der Waals surface area (Å²) < 4.78 is 12.8. The molecule has 0 bridgehead atoms. The molecule has 2 aliphatic rings. The van der Waals surface area contributed by atoms with Crippen LogP contribution in [-0.2, 0) is 15.9 Å². The van der Waals surface area contributed by atoms with Crippen LogP contribution in [-0.4, -0.2) is 29.7 Å². The first-order valence-corrected chi connectivity index (χ1v) is 8.52. The zero-order valence-corrected chi connectivity index (χ0v) is 12.8. The van der Waals surface area contributed by atoms with Gasteiger partial charge in [-0.3, -0.25) is 0 Å². The summed E-state index contributed by atoms with van der Waals surface area (Å²) >= 11 is 1.76. The Bertz CT molecular complexity index is 632. The topological polar surface area (TPSA) is 38.7 Å². The fourth-order valence-electron chi connectivity index (χ4n) is 3.58. The standard InChI is InChI=1S/C17H20O3S/c18-16(5-7-17(8-6-16)19-9-10-20-17)11-13-12-21-15-4-2-1-3-14(13)15/h1-4,12,18H,5-11H2. The third-order valence-electron chi connectivity index (χ3n) is 4.84. The Morgan fingerprint density at radius 1 is 1.05 bits per heavy atom. The number of aliphatic hydroxyl groups is 1. The first-order chi connectivity index (χ1) is 10.2. The van der Waals surface area contributed by atoms with E-state index >= 15 is 0 Å². The van der Waals surface area contributed by atoms with Gasteiger partial charge in [-0.1, -0.05) is 18.2 Å². The Morgan fingerprint density at radius 3 is 2.52 bits per heavy atom. The Morgan fingerprint density at radius 2 is 1.76 bits per heavy atom. The number of benzene rings is 1. The lowest BCUT2D eigenvalue weighted by Crippen LogP contribution is -2.44. The molecule has 4 heteroatoms. The van der Waals surface area contributed by atoms with Crippen LogP contribution < -0.4 is 0 Å². The molecule has 0 unspecified atom stereocenters. The minimum Gasteiger partial charge on any atom is -0.390 e. The van der Waals surface area contributed by atoms with Gasteiger partial charge in [0.25, 0.3) is 0 Å². The second-order valence-corrected chi connectivity index (χ2v) is 7.18. The van der Waals surface area contributed by atoms with Crippen molar-refractivity contribution in [1.29, 1.82) is 0 Å². The van der Waals surface area contributed by atoms with Crippen LogP contribution in [0.5, 0.6) is 0 Å². The lowest BCUT2D eigenvalue weighted by atomic mass is 9.78. The van der Waals surface area contributed by atoms with Crippen molar-refractivity contribution in [2.75, 3.05) is 13.2 Å². The van der Waals surface area contributed by atoms with Crippen molar-refractivity contribution >= 4 is 21.4 Å². The van der Waals surface area contributed by atoms with E-state index < -0.39 is 11.4 Å². The molecule has 3 nitrogen and oxygen atoms in total. The highest BCUT2D eigenvalue weighted by Gasteiger charge is 2.45. The molecule has 0 atom stereocenters. The predicted octanol–water partition coefficient (Wildman–Crippen LogP) is 3.49. The minimum absolute atomic E-state index is 0.400. The number of thiophene rings is 1. The number of ether oxygens (including phenoxy) is 2. The van der Waals surface area contributed by atoms with Crippen molar-refractivity contribution < 1.29 is 14.6 Å². The van der Waals surface area contributed by atoms with E-state index in [1.807, 2.05) is 0 Å². The van der Waals surface area contributed by atoms with Gasteiger partial charge in [0.05, 0.1) is 18.8 Å². The fraction of sp³-hybridized carbons (Fsp3) is 0.529. The Kier molecular flexibility index (Phi) is 3.30. The summed E-state index contributed by atoms with van der Waals surface area (Å²) in [5.74, 6) is -0.400. The second kappa shape index (κ2) is 5.06. The molecule has 4 rings (SSSR count). The summed E-state index contributed by atoms with van der Waals surface area (Å²) in [5, 5.41) is 14.4. The third-order valence-corrected chi connectivity index (χ3v) is 5.85. The van der Waals surface area contributed by atoms with Crippen molar-refractivity contribution in [3.8, 4) is 0 Å². The monoisotopic (exact) mass is 304 g/mol. The van der Waals surface area contributed by atoms with Crippen molar-refractivity contribution in [3.05, 3.63) is 35.2 Å². The van der Waals surface area contributed by atoms with E-state index in [1.54, 1.807) is 11.3 Å². The average molecular weight is 304 g/mol. The maximum Gasteiger partial charge on any atom is 0.168 e. The van der Waals surface area contributed by atoms with Gasteiger partial charge in [0, 0.05) is 24.0 Å². The molecule has 1 aliphatic heterocycles. The molecule has 2 heterocycles. The predicted molar refractivity (Wildman–Crippen MR) is 83.6 cm³/mol. The number of rotatable bonds is 2. The van der Waals surface area contributed by atoms with Crippen molar-refractivity contribution in [2.24, 2.45) is 0 Å². The molecule has 21 heavy (non-hydrogen) atoms. The van der Waals surface area contributed by atoms with Gasteiger partial charge in [-0.05, 0) is 35.2 Å². The highest BCUT2D eigenvalue weighted by Crippen LogP contribution is 2.42. The van der Waals surface area contributed by atoms with Crippen LogP contribution >= 0.6 is 11.3 Å². The SMILES string of the molecule is OC1(Cc2csc3ccccc23)CCC2(CC1)OCCO2. The fourth-order valence-corrected chi connectivity index (χ4v) is 4.55. The number of hydrogen-bond acceptors (Lipinski definition) is 4. The second-order valence-electron chi connectivity index (χ2n) is 6.27. The molecule has 1 saturated carbocycles. The summed E-state index contributed by atoms with van der Waals surface area (Å²) in [7, 11) is 0. The Balaban J connectivity index is 1.52. The molecule has 2 fully saturated rings. The van der Waals surface area contributed by atoms with E-state index in [4.69, 9.17) is 9.47 Å². The summed E-state index contributed by atoms with van der Waals surface area (Å²) in [5.41, 5.74) is 0.645. The lowest BCUT2D eigenvalue weighted by Gasteiger charge is -2.40. The molecule has 1 spiro atoms. The van der Waals surface area contributed by atoms with Gasteiger partial charge in [0.15, 0.2) is 5.79 Å². The van der Waals surface area contributed by atoms with E-state index in [-0.39, 0.29) is 0 Å². The van der Waals surface area contributed by atoms with Crippen LogP contribution in [0, 0.1) is 0 Å². The van der Waals surface area contributed by atoms with Gasteiger partial charge in [0.2, 0.25) is 0 Å². The van der Waals surface area contributed by atoms with E-state index in [1.165, 1.54) is 15.6 Å². The highest BCUT2D eigenvalue weighted by molar-refractivity contribution is 7.17. The third kappa shape index (κ3) is 2.50. The van der Waals surface area contributed by atoms with Crippen LogP contribution in [0.2, 0.25) is 0 Å². The summed E-state index contributed by atoms with van der Waals surface area (Å²) in [6, 6.07) is 8.43. The average Bonchev–Trinajstić information content (AvgIpc) is 3.12. The summed E-state index contributed by atoms with van der Waals surface area (Å²) in [6.45, 7) is 1.38. The van der Waals surface area contributed by atoms with E-state index in [0.717, 1.165) is 32.1 Å². The smallest absolute Gasteiger partial charge is 0.168 e. The minimum atomic E-state index is -0.621. The highest BCUT2D eigenvalue weighted by atomic mass is 32.1. The molecular formula is C17H20O3S. The zero-order chi connectivity index (χ0) is 14.3. The van der Waals surface area contributed by atoms with Gasteiger partial charge >= 0.3 is 0 Å². The van der Waals surface area contributed by atoms with Gasteiger partial charge in [0.1, 0.15) is 0 Å². The van der Waals surface area contributed by atoms with Gasteiger partial charge in [-0.2, -0.15) is 0 Å². The van der Waals surface area contributed by atoms with E-state index in [0.29, 0.717) is 13.2 Å². The largest absolute Gasteiger partial charge is 0.390 e. The lowest BCUT2D eigenvalue weighted by molar-refractivity contribution is -0.202. The summed E-state index contributed by atoms with van der Waals surface area (Å²) in [4.78, 5) is 0. The molecule has 2 aromatic rings. The van der Waals surface area contributed by atoms with Crippen LogP contribution in [0.25, 0.3) is 10.1 Å². The van der Waals surface area contributed by atoms with Crippen LogP contribution in [0.1, 0.15) is 31.2 Å². The van der Waals surface area contributed by atoms with Crippen molar-refractivity contribution in [3.63, 3.8) is 0 Å². The molecule has 1 saturated heterocycles. The van der Waals surface area contributed by atoms with Crippen molar-refractivity contribution in [1.82, 2.24) is 0 Å². The van der Waals surface area contributed by atoms with E-state index in [2.05, 4.69) is 29.6 Å². The van der Waals surface area contributed by atoms with E-state index in [9.17, 15) is 5.11 Å². The van der Waals surface area contributed by atoms with Gasteiger partial charge < -0.3 is 14.6 Å². The Labute approximate surface area is 128 Å². The maximum atomic E-state index is 10.9. The van der Waals surface area contributed by atoms with Crippen LogP contribution in [0.15, 0.2) is 29.6 Å². The first kappa shape index (κ1) is 13.7. The quantitative estimate of drug-likeness (QED) is 0.923. The molecule has 1 N–H and O–H groups in total. The molecule has 0 radical (unpaired) electrons. The number of fused-ring (bicyclic) bond motifs is 1. The molecule has 1 aromatic carbocycles. The van der Waals surface area contributed by atoms with Gasteiger partial charge in [-0.25, -0.2) is 0 Å². The molecule has 1 aromatic heterocycles. The number of hydrogen-bond donors (Lipinski definition) is 1. The van der Waals surface area contributed by atoms with Gasteiger partial charge in [-0.15, -0.1) is 11.3 Å². The Hall–Kier alpha value is -0.940. The normalized spacial score (nSPS) is 23.9. The van der Waals surface area contributed by atoms with Crippen molar-refractivity contribution in [2.45, 2.75) is 43.5 Å². The zero-order valence-electron chi connectivity index (χ0n) is 12.0. The molecule has 0 amide bonds. The first-order valence-electron chi connectivity index (χ1n) is 7.64.